The molecule has 0 saturated carbocycles. The molecule has 2 aromatic heterocycles. The van der Waals surface area contributed by atoms with Crippen LogP contribution in [0.4, 0.5) is 0 Å². The van der Waals surface area contributed by atoms with Gasteiger partial charge in [0.25, 0.3) is 0 Å². The van der Waals surface area contributed by atoms with Crippen LogP contribution in [0, 0.1) is 0 Å². The second-order valence-electron chi connectivity index (χ2n) is 11.0. The van der Waals surface area contributed by atoms with Gasteiger partial charge in [-0.05, 0) is 64.7 Å². The first kappa shape index (κ1) is 20.1. The van der Waals surface area contributed by atoms with Crippen LogP contribution in [-0.2, 0) is 0 Å². The molecule has 0 amide bonds. The van der Waals surface area contributed by atoms with Crippen LogP contribution in [-0.4, -0.2) is 9.13 Å². The SMILES string of the molecule is [2H]c1c([2H])c([2H])c(-c2cccc(-c3ccc(-n4c5ccccc5c5ccc6c7ccccc7n(-c7ccccc7)c6c54)cc3)c2)c([2H])c1[2H]. The largest absolute Gasteiger partial charge is 0.307 e. The third-order valence-corrected chi connectivity index (χ3v) is 8.59. The van der Waals surface area contributed by atoms with Crippen molar-refractivity contribution >= 4 is 43.6 Å². The molecule has 0 radical (unpaired) electrons. The highest BCUT2D eigenvalue weighted by Gasteiger charge is 2.20. The Morgan fingerprint density at radius 2 is 0.886 bits per heavy atom. The first-order chi connectivity index (χ1) is 23.9. The van der Waals surface area contributed by atoms with Gasteiger partial charge >= 0.3 is 0 Å². The molecule has 0 fully saturated rings. The summed E-state index contributed by atoms with van der Waals surface area (Å²) in [5.41, 5.74) is 9.32. The number of benzene rings is 7. The summed E-state index contributed by atoms with van der Waals surface area (Å²) in [4.78, 5) is 0. The summed E-state index contributed by atoms with van der Waals surface area (Å²) in [5, 5.41) is 4.75. The van der Waals surface area contributed by atoms with E-state index in [0.717, 1.165) is 44.6 Å². The van der Waals surface area contributed by atoms with E-state index in [1.165, 1.54) is 21.5 Å². The van der Waals surface area contributed by atoms with E-state index in [0.29, 0.717) is 5.56 Å². The summed E-state index contributed by atoms with van der Waals surface area (Å²) in [5.74, 6) is 0. The van der Waals surface area contributed by atoms with Gasteiger partial charge in [0.2, 0.25) is 0 Å². The minimum Gasteiger partial charge on any atom is -0.307 e. The lowest BCUT2D eigenvalue weighted by Gasteiger charge is -2.13. The van der Waals surface area contributed by atoms with Crippen LogP contribution in [0.3, 0.4) is 0 Å². The van der Waals surface area contributed by atoms with Crippen molar-refractivity contribution in [1.29, 1.82) is 0 Å². The summed E-state index contributed by atoms with van der Waals surface area (Å²) in [6.07, 6.45) is 0. The van der Waals surface area contributed by atoms with Gasteiger partial charge in [0.1, 0.15) is 0 Å². The van der Waals surface area contributed by atoms with Crippen LogP contribution < -0.4 is 0 Å². The smallest absolute Gasteiger partial charge is 0.0788 e. The maximum Gasteiger partial charge on any atom is 0.0788 e. The summed E-state index contributed by atoms with van der Waals surface area (Å²) < 4.78 is 46.0. The predicted molar refractivity (Wildman–Crippen MR) is 186 cm³/mol. The van der Waals surface area contributed by atoms with Crippen molar-refractivity contribution in [2.24, 2.45) is 0 Å². The topological polar surface area (TPSA) is 9.86 Å². The lowest BCUT2D eigenvalue weighted by atomic mass is 9.99. The third-order valence-electron chi connectivity index (χ3n) is 8.59. The van der Waals surface area contributed by atoms with Crippen molar-refractivity contribution in [1.82, 2.24) is 9.13 Å². The molecule has 0 N–H and O–H groups in total. The van der Waals surface area contributed by atoms with E-state index in [4.69, 9.17) is 6.85 Å². The average Bonchev–Trinajstić information content (AvgIpc) is 3.67. The highest BCUT2D eigenvalue weighted by atomic mass is 15.0. The summed E-state index contributed by atoms with van der Waals surface area (Å²) >= 11 is 0. The maximum atomic E-state index is 8.47. The van der Waals surface area contributed by atoms with Gasteiger partial charge in [-0.25, -0.2) is 0 Å². The quantitative estimate of drug-likeness (QED) is 0.201. The molecular weight excluding hydrogens is 532 g/mol. The van der Waals surface area contributed by atoms with Gasteiger partial charge in [0.15, 0.2) is 0 Å². The number of hydrogen-bond donors (Lipinski definition) is 0. The fourth-order valence-electron chi connectivity index (χ4n) is 6.67. The number of rotatable bonds is 4. The second kappa shape index (κ2) is 9.86. The molecule has 9 rings (SSSR count). The molecule has 9 aromatic rings. The fraction of sp³-hybridized carbons (Fsp3) is 0. The van der Waals surface area contributed by atoms with Crippen LogP contribution in [0.15, 0.2) is 170 Å². The molecule has 44 heavy (non-hydrogen) atoms. The Hall–Kier alpha value is -5.86. The van der Waals surface area contributed by atoms with Gasteiger partial charge < -0.3 is 9.13 Å². The lowest BCUT2D eigenvalue weighted by Crippen LogP contribution is -1.98. The minimum atomic E-state index is -0.392. The van der Waals surface area contributed by atoms with E-state index in [1.807, 2.05) is 24.3 Å². The summed E-state index contributed by atoms with van der Waals surface area (Å²) in [7, 11) is 0. The second-order valence-corrected chi connectivity index (χ2v) is 11.0. The Bertz CT molecular complexity index is 2730. The van der Waals surface area contributed by atoms with E-state index >= 15 is 0 Å². The third kappa shape index (κ3) is 3.75. The molecule has 7 aromatic carbocycles. The van der Waals surface area contributed by atoms with Gasteiger partial charge in [-0.1, -0.05) is 127 Å². The average molecular weight is 566 g/mol. The van der Waals surface area contributed by atoms with E-state index in [1.54, 1.807) is 6.07 Å². The van der Waals surface area contributed by atoms with Crippen molar-refractivity contribution in [3.63, 3.8) is 0 Å². The predicted octanol–water partition coefficient (Wildman–Crippen LogP) is 11.2. The van der Waals surface area contributed by atoms with Crippen LogP contribution in [0.5, 0.6) is 0 Å². The molecule has 0 bridgehead atoms. The molecule has 0 aliphatic heterocycles. The van der Waals surface area contributed by atoms with Crippen molar-refractivity contribution < 1.29 is 6.85 Å². The van der Waals surface area contributed by atoms with Crippen LogP contribution >= 0.6 is 0 Å². The van der Waals surface area contributed by atoms with Crippen molar-refractivity contribution in [3.05, 3.63) is 170 Å². The number of fused-ring (bicyclic) bond motifs is 7. The normalized spacial score (nSPS) is 13.2. The monoisotopic (exact) mass is 565 g/mol. The first-order valence-electron chi connectivity index (χ1n) is 17.2. The van der Waals surface area contributed by atoms with Crippen LogP contribution in [0.1, 0.15) is 6.85 Å². The zero-order valence-electron chi connectivity index (χ0n) is 28.7. The lowest BCUT2D eigenvalue weighted by molar-refractivity contribution is 1.15. The number of para-hydroxylation sites is 3. The minimum absolute atomic E-state index is 0.201. The first-order valence-corrected chi connectivity index (χ1v) is 14.7. The molecule has 0 spiro atoms. The Labute approximate surface area is 262 Å². The molecule has 0 saturated heterocycles. The van der Waals surface area contributed by atoms with Gasteiger partial charge in [0.05, 0.1) is 28.9 Å². The number of nitrogens with zero attached hydrogens (tertiary/aromatic N) is 2. The molecule has 206 valence electrons. The highest BCUT2D eigenvalue weighted by molar-refractivity contribution is 6.23. The van der Waals surface area contributed by atoms with Crippen molar-refractivity contribution in [2.75, 3.05) is 0 Å². The van der Waals surface area contributed by atoms with E-state index < -0.39 is 6.04 Å². The maximum absolute atomic E-state index is 8.47. The van der Waals surface area contributed by atoms with Gasteiger partial charge in [-0.2, -0.15) is 0 Å². The number of aromatic nitrogens is 2. The number of hydrogen-bond acceptors (Lipinski definition) is 0. The van der Waals surface area contributed by atoms with Crippen molar-refractivity contribution in [3.8, 4) is 33.6 Å². The van der Waals surface area contributed by atoms with Gasteiger partial charge in [-0.3, -0.25) is 0 Å². The van der Waals surface area contributed by atoms with Crippen molar-refractivity contribution in [2.45, 2.75) is 0 Å². The molecule has 0 atom stereocenters. The summed E-state index contributed by atoms with van der Waals surface area (Å²) in [6, 6.07) is 46.6. The molecular formula is C42H28N2. The Balaban J connectivity index is 1.26. The van der Waals surface area contributed by atoms with Gasteiger partial charge in [-0.15, -0.1) is 0 Å². The Kier molecular flexibility index (Phi) is 4.51. The fourth-order valence-corrected chi connectivity index (χ4v) is 6.67. The summed E-state index contributed by atoms with van der Waals surface area (Å²) in [6.45, 7) is 0. The van der Waals surface area contributed by atoms with Crippen LogP contribution in [0.25, 0.3) is 77.2 Å². The van der Waals surface area contributed by atoms with Gasteiger partial charge in [0, 0.05) is 32.9 Å². The zero-order valence-corrected chi connectivity index (χ0v) is 23.7. The Morgan fingerprint density at radius 3 is 1.50 bits per heavy atom. The molecule has 2 heteroatoms. The molecule has 2 nitrogen and oxygen atoms in total. The molecule has 0 aliphatic carbocycles. The van der Waals surface area contributed by atoms with Crippen LogP contribution in [0.2, 0.25) is 0 Å². The molecule has 2 heterocycles. The molecule has 0 unspecified atom stereocenters. The highest BCUT2D eigenvalue weighted by Crippen LogP contribution is 2.41. The van der Waals surface area contributed by atoms with E-state index in [9.17, 15) is 0 Å². The Morgan fingerprint density at radius 1 is 0.364 bits per heavy atom. The van der Waals surface area contributed by atoms with E-state index in [2.05, 4.69) is 118 Å². The standard InChI is InChI=1S/C42H28N2/c1-3-12-29(13-4-1)31-14-11-15-32(28-31)30-22-24-34(25-23-30)44-40-21-10-8-19-36(40)38-27-26-37-35-18-7-9-20-39(35)43(41(37)42(38)44)33-16-5-2-6-17-33/h1-28H/i1D,3D,4D,12D,13D. The molecule has 0 aliphatic rings. The zero-order chi connectivity index (χ0) is 33.4. The van der Waals surface area contributed by atoms with E-state index in [-0.39, 0.29) is 29.7 Å².